The molecule has 0 aliphatic rings. The van der Waals surface area contributed by atoms with Crippen LogP contribution in [0.15, 0.2) is 42.5 Å². The summed E-state index contributed by atoms with van der Waals surface area (Å²) in [5, 5.41) is 6.31. The Kier molecular flexibility index (Phi) is 5.47. The zero-order chi connectivity index (χ0) is 17.0. The molecule has 0 fully saturated rings. The first kappa shape index (κ1) is 17.1. The second-order valence-corrected chi connectivity index (χ2v) is 5.77. The summed E-state index contributed by atoms with van der Waals surface area (Å²) in [6, 6.07) is 10.6. The lowest BCUT2D eigenvalue weighted by Gasteiger charge is -2.16. The Labute approximate surface area is 143 Å². The van der Waals surface area contributed by atoms with Crippen LogP contribution in [0.4, 0.5) is 10.5 Å². The molecule has 7 heteroatoms. The maximum absolute atomic E-state index is 12.2. The fraction of sp³-hybridized carbons (Fsp3) is 0.125. The molecule has 0 unspecified atom stereocenters. The van der Waals surface area contributed by atoms with Gasteiger partial charge in [-0.15, -0.1) is 0 Å². The van der Waals surface area contributed by atoms with E-state index in [0.29, 0.717) is 21.3 Å². The molecule has 0 radical (unpaired) electrons. The van der Waals surface area contributed by atoms with Crippen LogP contribution < -0.4 is 16.4 Å². The summed E-state index contributed by atoms with van der Waals surface area (Å²) >= 11 is 12.0. The van der Waals surface area contributed by atoms with Crippen molar-refractivity contribution in [1.29, 1.82) is 0 Å². The number of urea groups is 1. The summed E-state index contributed by atoms with van der Waals surface area (Å²) in [5.74, 6) is -0.255. The van der Waals surface area contributed by atoms with E-state index in [4.69, 9.17) is 28.9 Å². The van der Waals surface area contributed by atoms with Crippen LogP contribution in [0, 0.1) is 0 Å². The number of carbonyl (C=O) groups excluding carboxylic acids is 2. The third-order valence-electron chi connectivity index (χ3n) is 3.19. The minimum Gasteiger partial charge on any atom is -0.351 e. The molecular formula is C16H15Cl2N3O2. The number of carbonyl (C=O) groups is 2. The van der Waals surface area contributed by atoms with Crippen molar-refractivity contribution < 1.29 is 9.59 Å². The van der Waals surface area contributed by atoms with Crippen LogP contribution in [0.25, 0.3) is 0 Å². The van der Waals surface area contributed by atoms with Crippen LogP contribution >= 0.6 is 23.2 Å². The average molecular weight is 352 g/mol. The van der Waals surface area contributed by atoms with Gasteiger partial charge in [0.05, 0.1) is 6.04 Å². The van der Waals surface area contributed by atoms with Gasteiger partial charge in [0.25, 0.3) is 5.91 Å². The van der Waals surface area contributed by atoms with Crippen LogP contribution in [0.3, 0.4) is 0 Å². The number of nitrogens with two attached hydrogens (primary N) is 1. The maximum atomic E-state index is 12.2. The van der Waals surface area contributed by atoms with Gasteiger partial charge in [-0.3, -0.25) is 4.79 Å². The lowest BCUT2D eigenvalue weighted by atomic mass is 10.1. The van der Waals surface area contributed by atoms with E-state index in [-0.39, 0.29) is 11.9 Å². The highest BCUT2D eigenvalue weighted by atomic mass is 35.5. The summed E-state index contributed by atoms with van der Waals surface area (Å²) in [5.41, 5.74) is 6.77. The second kappa shape index (κ2) is 7.35. The van der Waals surface area contributed by atoms with Crippen molar-refractivity contribution in [3.63, 3.8) is 0 Å². The van der Waals surface area contributed by atoms with Gasteiger partial charge in [-0.05, 0) is 48.9 Å². The smallest absolute Gasteiger partial charge is 0.316 e. The summed E-state index contributed by atoms with van der Waals surface area (Å²) in [6.45, 7) is 1.83. The van der Waals surface area contributed by atoms with Crippen molar-refractivity contribution >= 4 is 40.8 Å². The van der Waals surface area contributed by atoms with E-state index >= 15 is 0 Å². The molecule has 0 aliphatic carbocycles. The fourth-order valence-electron chi connectivity index (χ4n) is 2.06. The first-order chi connectivity index (χ1) is 10.9. The lowest BCUT2D eigenvalue weighted by molar-refractivity contribution is 0.0940. The molecule has 4 N–H and O–H groups in total. The molecule has 0 spiro atoms. The number of amides is 3. The highest BCUT2D eigenvalue weighted by Gasteiger charge is 2.14. The van der Waals surface area contributed by atoms with Crippen molar-refractivity contribution in [2.24, 2.45) is 5.73 Å². The molecule has 0 saturated carbocycles. The number of hydrogen-bond acceptors (Lipinski definition) is 2. The van der Waals surface area contributed by atoms with Crippen LogP contribution in [0.2, 0.25) is 10.0 Å². The number of nitrogens with one attached hydrogen (secondary N) is 2. The van der Waals surface area contributed by atoms with Crippen LogP contribution in [-0.2, 0) is 0 Å². The van der Waals surface area contributed by atoms with Gasteiger partial charge in [0.1, 0.15) is 0 Å². The van der Waals surface area contributed by atoms with E-state index in [9.17, 15) is 9.59 Å². The predicted octanol–water partition coefficient (Wildman–Crippen LogP) is 3.98. The standard InChI is InChI=1S/C16H15Cl2N3O2/c1-9(13-7-4-11(17)8-14(13)18)20-15(22)10-2-5-12(6-3-10)21-16(19)23/h2-9H,1H3,(H,20,22)(H3,19,21,23)/t9-/m1/s1. The van der Waals surface area contributed by atoms with E-state index in [0.717, 1.165) is 5.56 Å². The second-order valence-electron chi connectivity index (χ2n) is 4.93. The van der Waals surface area contributed by atoms with E-state index < -0.39 is 6.03 Å². The third-order valence-corrected chi connectivity index (χ3v) is 3.75. The van der Waals surface area contributed by atoms with E-state index in [1.54, 1.807) is 42.5 Å². The molecule has 23 heavy (non-hydrogen) atoms. The number of benzene rings is 2. The molecule has 2 aromatic carbocycles. The van der Waals surface area contributed by atoms with Gasteiger partial charge in [0, 0.05) is 21.3 Å². The van der Waals surface area contributed by atoms with E-state index in [1.165, 1.54) is 0 Å². The Bertz CT molecular complexity index is 733. The molecule has 5 nitrogen and oxygen atoms in total. The number of primary amides is 1. The molecule has 0 saturated heterocycles. The summed E-state index contributed by atoms with van der Waals surface area (Å²) in [6.07, 6.45) is 0. The Hall–Kier alpha value is -2.24. The van der Waals surface area contributed by atoms with Gasteiger partial charge >= 0.3 is 6.03 Å². The molecule has 0 heterocycles. The van der Waals surface area contributed by atoms with Crippen molar-refractivity contribution in [2.45, 2.75) is 13.0 Å². The van der Waals surface area contributed by atoms with Gasteiger partial charge < -0.3 is 16.4 Å². The minimum atomic E-state index is -0.659. The largest absolute Gasteiger partial charge is 0.351 e. The number of anilines is 1. The Morgan fingerprint density at radius 2 is 1.74 bits per heavy atom. The van der Waals surface area contributed by atoms with Crippen LogP contribution in [0.5, 0.6) is 0 Å². The van der Waals surface area contributed by atoms with Crippen molar-refractivity contribution in [1.82, 2.24) is 5.32 Å². The van der Waals surface area contributed by atoms with Gasteiger partial charge in [0.15, 0.2) is 0 Å². The predicted molar refractivity (Wildman–Crippen MR) is 92.0 cm³/mol. The molecule has 0 aromatic heterocycles. The molecule has 0 aliphatic heterocycles. The zero-order valence-electron chi connectivity index (χ0n) is 12.3. The zero-order valence-corrected chi connectivity index (χ0v) is 13.8. The first-order valence-electron chi connectivity index (χ1n) is 6.79. The Balaban J connectivity index is 2.07. The summed E-state index contributed by atoms with van der Waals surface area (Å²) < 4.78 is 0. The van der Waals surface area contributed by atoms with Crippen molar-refractivity contribution in [2.75, 3.05) is 5.32 Å². The highest BCUT2D eigenvalue weighted by Crippen LogP contribution is 2.26. The van der Waals surface area contributed by atoms with Gasteiger partial charge in [-0.1, -0.05) is 29.3 Å². The average Bonchev–Trinajstić information content (AvgIpc) is 2.47. The molecule has 3 amide bonds. The van der Waals surface area contributed by atoms with Crippen molar-refractivity contribution in [3.8, 4) is 0 Å². The number of hydrogen-bond donors (Lipinski definition) is 3. The first-order valence-corrected chi connectivity index (χ1v) is 7.54. The number of halogens is 2. The Morgan fingerprint density at radius 3 is 2.30 bits per heavy atom. The lowest BCUT2D eigenvalue weighted by Crippen LogP contribution is -2.26. The molecule has 120 valence electrons. The van der Waals surface area contributed by atoms with E-state index in [1.807, 2.05) is 6.92 Å². The SMILES string of the molecule is C[C@@H](NC(=O)c1ccc(NC(N)=O)cc1)c1ccc(Cl)cc1Cl. The van der Waals surface area contributed by atoms with Gasteiger partial charge in [-0.2, -0.15) is 0 Å². The van der Waals surface area contributed by atoms with Crippen LogP contribution in [0.1, 0.15) is 28.9 Å². The van der Waals surface area contributed by atoms with Gasteiger partial charge in [0.2, 0.25) is 0 Å². The normalized spacial score (nSPS) is 11.6. The molecule has 2 rings (SSSR count). The topological polar surface area (TPSA) is 84.2 Å². The van der Waals surface area contributed by atoms with Crippen LogP contribution in [-0.4, -0.2) is 11.9 Å². The Morgan fingerprint density at radius 1 is 1.09 bits per heavy atom. The minimum absolute atomic E-state index is 0.255. The number of rotatable bonds is 4. The highest BCUT2D eigenvalue weighted by molar-refractivity contribution is 6.35. The quantitative estimate of drug-likeness (QED) is 0.778. The monoisotopic (exact) mass is 351 g/mol. The molecular weight excluding hydrogens is 337 g/mol. The fourth-order valence-corrected chi connectivity index (χ4v) is 2.63. The third kappa shape index (κ3) is 4.61. The summed E-state index contributed by atoms with van der Waals surface area (Å²) in [4.78, 5) is 23.0. The summed E-state index contributed by atoms with van der Waals surface area (Å²) in [7, 11) is 0. The van der Waals surface area contributed by atoms with Gasteiger partial charge in [-0.25, -0.2) is 4.79 Å². The maximum Gasteiger partial charge on any atom is 0.316 e. The van der Waals surface area contributed by atoms with E-state index in [2.05, 4.69) is 10.6 Å². The molecule has 2 aromatic rings. The molecule has 1 atom stereocenters. The molecule has 0 bridgehead atoms. The van der Waals surface area contributed by atoms with Crippen molar-refractivity contribution in [3.05, 3.63) is 63.6 Å².